The number of carbonyl (C=O) groups is 2. The van der Waals surface area contributed by atoms with Crippen LogP contribution in [-0.2, 0) is 0 Å². The highest BCUT2D eigenvalue weighted by molar-refractivity contribution is 5.96. The number of primary amides is 1. The molecule has 1 rings (SSSR count). The highest BCUT2D eigenvalue weighted by atomic mass is 35.5. The van der Waals surface area contributed by atoms with Crippen LogP contribution in [-0.4, -0.2) is 25.0 Å². The molecule has 1 aromatic rings. The van der Waals surface area contributed by atoms with Gasteiger partial charge in [0, 0.05) is 17.8 Å². The van der Waals surface area contributed by atoms with Crippen LogP contribution in [0.4, 0.5) is 10.5 Å². The first-order valence-electron chi connectivity index (χ1n) is 5.28. The zero-order chi connectivity index (χ0) is 12.7. The summed E-state index contributed by atoms with van der Waals surface area (Å²) in [6.07, 6.45) is 0.727. The van der Waals surface area contributed by atoms with Gasteiger partial charge in [-0.25, -0.2) is 4.79 Å². The van der Waals surface area contributed by atoms with Gasteiger partial charge < -0.3 is 22.1 Å². The van der Waals surface area contributed by atoms with Crippen LogP contribution >= 0.6 is 12.4 Å². The Labute approximate surface area is 112 Å². The molecule has 0 aromatic heterocycles. The van der Waals surface area contributed by atoms with E-state index in [-0.39, 0.29) is 18.3 Å². The van der Waals surface area contributed by atoms with Gasteiger partial charge in [0.2, 0.25) is 0 Å². The monoisotopic (exact) mass is 272 g/mol. The molecule has 0 aliphatic carbocycles. The van der Waals surface area contributed by atoms with Crippen molar-refractivity contribution in [2.75, 3.05) is 18.4 Å². The molecular formula is C11H17ClN4O2. The second-order valence-electron chi connectivity index (χ2n) is 3.47. The summed E-state index contributed by atoms with van der Waals surface area (Å²) < 4.78 is 0. The first-order chi connectivity index (χ1) is 8.13. The van der Waals surface area contributed by atoms with E-state index in [1.54, 1.807) is 24.3 Å². The molecule has 0 unspecified atom stereocenters. The number of nitrogens with one attached hydrogen (secondary N) is 2. The molecular weight excluding hydrogens is 256 g/mol. The molecule has 6 nitrogen and oxygen atoms in total. The highest BCUT2D eigenvalue weighted by Gasteiger charge is 2.05. The molecule has 0 saturated heterocycles. The average Bonchev–Trinajstić information content (AvgIpc) is 2.28. The van der Waals surface area contributed by atoms with Crippen LogP contribution in [0.1, 0.15) is 16.8 Å². The molecule has 6 N–H and O–H groups in total. The summed E-state index contributed by atoms with van der Waals surface area (Å²) >= 11 is 0. The SMILES string of the molecule is Cl.NCCCNC(=O)c1cccc(NC(N)=O)c1. The fourth-order valence-corrected chi connectivity index (χ4v) is 1.29. The van der Waals surface area contributed by atoms with Crippen molar-refractivity contribution < 1.29 is 9.59 Å². The molecule has 0 radical (unpaired) electrons. The van der Waals surface area contributed by atoms with Crippen molar-refractivity contribution in [2.45, 2.75) is 6.42 Å². The van der Waals surface area contributed by atoms with Gasteiger partial charge in [-0.1, -0.05) is 6.07 Å². The predicted octanol–water partition coefficient (Wildman–Crippen LogP) is 0.678. The number of rotatable bonds is 5. The lowest BCUT2D eigenvalue weighted by Crippen LogP contribution is -2.26. The third kappa shape index (κ3) is 5.51. The van der Waals surface area contributed by atoms with Crippen molar-refractivity contribution in [2.24, 2.45) is 11.5 Å². The molecule has 0 bridgehead atoms. The summed E-state index contributed by atoms with van der Waals surface area (Å²) in [5.41, 5.74) is 11.3. The van der Waals surface area contributed by atoms with Crippen LogP contribution in [0, 0.1) is 0 Å². The molecule has 7 heteroatoms. The molecule has 0 spiro atoms. The van der Waals surface area contributed by atoms with Crippen LogP contribution in [0.2, 0.25) is 0 Å². The van der Waals surface area contributed by atoms with Crippen molar-refractivity contribution in [3.8, 4) is 0 Å². The van der Waals surface area contributed by atoms with E-state index in [1.807, 2.05) is 0 Å². The standard InChI is InChI=1S/C11H16N4O2.ClH/c12-5-2-6-14-10(16)8-3-1-4-9(7-8)15-11(13)17;/h1,3-4,7H,2,5-6,12H2,(H,14,16)(H3,13,15,17);1H. The highest BCUT2D eigenvalue weighted by Crippen LogP contribution is 2.10. The van der Waals surface area contributed by atoms with Gasteiger partial charge in [0.1, 0.15) is 0 Å². The van der Waals surface area contributed by atoms with E-state index in [0.717, 1.165) is 6.42 Å². The zero-order valence-corrected chi connectivity index (χ0v) is 10.6. The van der Waals surface area contributed by atoms with Crippen LogP contribution < -0.4 is 22.1 Å². The quantitative estimate of drug-likeness (QED) is 0.592. The van der Waals surface area contributed by atoms with Gasteiger partial charge in [0.05, 0.1) is 0 Å². The maximum Gasteiger partial charge on any atom is 0.316 e. The molecule has 0 fully saturated rings. The van der Waals surface area contributed by atoms with E-state index < -0.39 is 6.03 Å². The minimum Gasteiger partial charge on any atom is -0.352 e. The topological polar surface area (TPSA) is 110 Å². The Morgan fingerprint density at radius 3 is 2.61 bits per heavy atom. The molecule has 0 saturated carbocycles. The first kappa shape index (κ1) is 16.2. The molecule has 1 aromatic carbocycles. The Morgan fingerprint density at radius 1 is 1.28 bits per heavy atom. The fraction of sp³-hybridized carbons (Fsp3) is 0.273. The van der Waals surface area contributed by atoms with Crippen LogP contribution in [0.15, 0.2) is 24.3 Å². The van der Waals surface area contributed by atoms with E-state index in [9.17, 15) is 9.59 Å². The number of nitrogens with two attached hydrogens (primary N) is 2. The maximum absolute atomic E-state index is 11.7. The number of hydrogen-bond acceptors (Lipinski definition) is 3. The van der Waals surface area contributed by atoms with Crippen molar-refractivity contribution in [1.82, 2.24) is 5.32 Å². The Morgan fingerprint density at radius 2 is 2.00 bits per heavy atom. The van der Waals surface area contributed by atoms with Crippen LogP contribution in [0.5, 0.6) is 0 Å². The maximum atomic E-state index is 11.7. The predicted molar refractivity (Wildman–Crippen MR) is 72.9 cm³/mol. The summed E-state index contributed by atoms with van der Waals surface area (Å²) in [5, 5.41) is 5.12. The number of carbonyl (C=O) groups excluding carboxylic acids is 2. The Bertz CT molecular complexity index is 412. The number of amides is 3. The second kappa shape index (κ2) is 8.32. The number of hydrogen-bond donors (Lipinski definition) is 4. The molecule has 100 valence electrons. The van der Waals surface area contributed by atoms with Gasteiger partial charge >= 0.3 is 6.03 Å². The van der Waals surface area contributed by atoms with Gasteiger partial charge in [-0.05, 0) is 31.2 Å². The summed E-state index contributed by atoms with van der Waals surface area (Å²) in [6.45, 7) is 1.06. The Kier molecular flexibility index (Phi) is 7.50. The third-order valence-corrected chi connectivity index (χ3v) is 2.06. The van der Waals surface area contributed by atoms with Crippen molar-refractivity contribution in [3.05, 3.63) is 29.8 Å². The van der Waals surface area contributed by atoms with E-state index in [4.69, 9.17) is 11.5 Å². The smallest absolute Gasteiger partial charge is 0.316 e. The van der Waals surface area contributed by atoms with Gasteiger partial charge in [0.15, 0.2) is 0 Å². The largest absolute Gasteiger partial charge is 0.352 e. The number of urea groups is 1. The summed E-state index contributed by atoms with van der Waals surface area (Å²) in [5.74, 6) is -0.202. The molecule has 3 amide bonds. The minimum absolute atomic E-state index is 0. The number of halogens is 1. The molecule has 0 heterocycles. The van der Waals surface area contributed by atoms with E-state index in [1.165, 1.54) is 0 Å². The fourth-order valence-electron chi connectivity index (χ4n) is 1.29. The summed E-state index contributed by atoms with van der Waals surface area (Å²) in [4.78, 5) is 22.3. The summed E-state index contributed by atoms with van der Waals surface area (Å²) in [7, 11) is 0. The normalized spacial score (nSPS) is 9.17. The second-order valence-corrected chi connectivity index (χ2v) is 3.47. The summed E-state index contributed by atoms with van der Waals surface area (Å²) in [6, 6.07) is 5.88. The van der Waals surface area contributed by atoms with Gasteiger partial charge in [-0.15, -0.1) is 12.4 Å². The molecule has 0 atom stereocenters. The first-order valence-corrected chi connectivity index (χ1v) is 5.28. The number of benzene rings is 1. The molecule has 18 heavy (non-hydrogen) atoms. The van der Waals surface area contributed by atoms with Gasteiger partial charge in [-0.3, -0.25) is 4.79 Å². The molecule has 0 aliphatic heterocycles. The minimum atomic E-state index is -0.661. The van der Waals surface area contributed by atoms with E-state index in [0.29, 0.717) is 24.3 Å². The van der Waals surface area contributed by atoms with Crippen molar-refractivity contribution >= 4 is 30.0 Å². The van der Waals surface area contributed by atoms with Crippen LogP contribution in [0.25, 0.3) is 0 Å². The lowest BCUT2D eigenvalue weighted by molar-refractivity contribution is 0.0953. The van der Waals surface area contributed by atoms with E-state index >= 15 is 0 Å². The van der Waals surface area contributed by atoms with Gasteiger partial charge in [-0.2, -0.15) is 0 Å². The van der Waals surface area contributed by atoms with Crippen LogP contribution in [0.3, 0.4) is 0 Å². The number of anilines is 1. The van der Waals surface area contributed by atoms with Crippen molar-refractivity contribution in [3.63, 3.8) is 0 Å². The lowest BCUT2D eigenvalue weighted by atomic mass is 10.2. The molecule has 0 aliphatic rings. The zero-order valence-electron chi connectivity index (χ0n) is 9.81. The van der Waals surface area contributed by atoms with Gasteiger partial charge in [0.25, 0.3) is 5.91 Å². The van der Waals surface area contributed by atoms with Crippen molar-refractivity contribution in [1.29, 1.82) is 0 Å². The Balaban J connectivity index is 0.00000289. The third-order valence-electron chi connectivity index (χ3n) is 2.06. The average molecular weight is 273 g/mol. The Hall–Kier alpha value is -1.79. The van der Waals surface area contributed by atoms with E-state index in [2.05, 4.69) is 10.6 Å². The lowest BCUT2D eigenvalue weighted by Gasteiger charge is -2.06.